The molecule has 0 fully saturated rings. The quantitative estimate of drug-likeness (QED) is 0.646. The number of nitrogens with zero attached hydrogens (tertiary/aromatic N) is 1. The number of aryl methyl sites for hydroxylation is 2. The van der Waals surface area contributed by atoms with Gasteiger partial charge in [0, 0.05) is 10.9 Å². The fraction of sp³-hybridized carbons (Fsp3) is 0.227. The summed E-state index contributed by atoms with van der Waals surface area (Å²) in [6.45, 7) is 2.82. The molecule has 0 saturated heterocycles. The highest BCUT2D eigenvalue weighted by atomic mass is 14.7. The minimum atomic E-state index is 0.715. The Morgan fingerprint density at radius 3 is 2.50 bits per heavy atom. The first kappa shape index (κ1) is 16.4. The maximum absolute atomic E-state index is 5.53. The summed E-state index contributed by atoms with van der Waals surface area (Å²) < 4.78 is 0. The second kappa shape index (κ2) is 7.89. The largest absolute Gasteiger partial charge is 0.330 e. The molecule has 3 aromatic rings. The van der Waals surface area contributed by atoms with E-state index in [1.54, 1.807) is 0 Å². The van der Waals surface area contributed by atoms with E-state index in [0.29, 0.717) is 6.54 Å². The minimum absolute atomic E-state index is 0.715. The summed E-state index contributed by atoms with van der Waals surface area (Å²) in [6.07, 6.45) is 7.40. The Kier molecular flexibility index (Phi) is 5.39. The van der Waals surface area contributed by atoms with E-state index in [1.165, 1.54) is 22.1 Å². The number of rotatable bonds is 6. The zero-order valence-corrected chi connectivity index (χ0v) is 14.2. The molecule has 2 heteroatoms. The molecule has 0 aliphatic carbocycles. The monoisotopic (exact) mass is 316 g/mol. The first-order valence-electron chi connectivity index (χ1n) is 8.58. The molecule has 3 rings (SSSR count). The molecule has 122 valence electrons. The van der Waals surface area contributed by atoms with E-state index in [4.69, 9.17) is 10.7 Å². The molecular weight excluding hydrogens is 292 g/mol. The number of benzene rings is 2. The predicted molar refractivity (Wildman–Crippen MR) is 103 cm³/mol. The zero-order chi connectivity index (χ0) is 16.8. The maximum atomic E-state index is 5.53. The van der Waals surface area contributed by atoms with E-state index < -0.39 is 0 Å². The van der Waals surface area contributed by atoms with Crippen LogP contribution in [0.2, 0.25) is 0 Å². The molecule has 2 N–H and O–H groups in total. The molecule has 0 aliphatic heterocycles. The van der Waals surface area contributed by atoms with Crippen molar-refractivity contribution in [2.24, 2.45) is 5.73 Å². The predicted octanol–water partition coefficient (Wildman–Crippen LogP) is 5.05. The van der Waals surface area contributed by atoms with Crippen molar-refractivity contribution in [2.75, 3.05) is 6.54 Å². The molecule has 0 saturated carbocycles. The Hall–Kier alpha value is -2.45. The summed E-state index contributed by atoms with van der Waals surface area (Å²) in [5, 5.41) is 1.25. The highest BCUT2D eigenvalue weighted by Crippen LogP contribution is 2.26. The van der Waals surface area contributed by atoms with Crippen molar-refractivity contribution in [2.45, 2.75) is 26.2 Å². The molecule has 1 heterocycles. The second-order valence-electron chi connectivity index (χ2n) is 6.14. The molecule has 0 amide bonds. The van der Waals surface area contributed by atoms with Gasteiger partial charge in [-0.25, -0.2) is 4.98 Å². The third kappa shape index (κ3) is 3.90. The lowest BCUT2D eigenvalue weighted by Crippen LogP contribution is -1.95. The van der Waals surface area contributed by atoms with Crippen LogP contribution in [0, 0.1) is 6.92 Å². The number of allylic oxidation sites excluding steroid dienone is 1. The van der Waals surface area contributed by atoms with Crippen LogP contribution in [-0.4, -0.2) is 11.5 Å². The first-order valence-corrected chi connectivity index (χ1v) is 8.58. The van der Waals surface area contributed by atoms with E-state index in [2.05, 4.69) is 73.7 Å². The van der Waals surface area contributed by atoms with Gasteiger partial charge in [0.05, 0.1) is 11.2 Å². The van der Waals surface area contributed by atoms with Crippen LogP contribution in [0.4, 0.5) is 0 Å². The lowest BCUT2D eigenvalue weighted by Gasteiger charge is -2.09. The molecule has 24 heavy (non-hydrogen) atoms. The van der Waals surface area contributed by atoms with Gasteiger partial charge in [0.1, 0.15) is 0 Å². The molecule has 2 aromatic carbocycles. The van der Waals surface area contributed by atoms with Crippen molar-refractivity contribution >= 4 is 10.9 Å². The first-order chi connectivity index (χ1) is 11.8. The average Bonchev–Trinajstić information content (AvgIpc) is 2.62. The summed E-state index contributed by atoms with van der Waals surface area (Å²) >= 11 is 0. The van der Waals surface area contributed by atoms with Gasteiger partial charge < -0.3 is 5.73 Å². The van der Waals surface area contributed by atoms with Gasteiger partial charge in [-0.15, -0.1) is 0 Å². The Morgan fingerprint density at radius 1 is 0.958 bits per heavy atom. The van der Waals surface area contributed by atoms with Crippen LogP contribution in [-0.2, 0) is 6.42 Å². The van der Waals surface area contributed by atoms with Crippen molar-refractivity contribution in [1.29, 1.82) is 0 Å². The fourth-order valence-electron chi connectivity index (χ4n) is 2.90. The topological polar surface area (TPSA) is 38.9 Å². The highest BCUT2D eigenvalue weighted by molar-refractivity contribution is 5.85. The van der Waals surface area contributed by atoms with Crippen molar-refractivity contribution in [3.05, 3.63) is 77.9 Å². The van der Waals surface area contributed by atoms with Crippen LogP contribution in [0.3, 0.4) is 0 Å². The van der Waals surface area contributed by atoms with Crippen LogP contribution in [0.5, 0.6) is 0 Å². The number of nitrogens with two attached hydrogens (primary N) is 1. The lowest BCUT2D eigenvalue weighted by atomic mass is 10.00. The number of fused-ring (bicyclic) bond motifs is 1. The molecule has 0 aliphatic rings. The van der Waals surface area contributed by atoms with Gasteiger partial charge in [0.15, 0.2) is 0 Å². The number of hydrogen-bond donors (Lipinski definition) is 1. The normalized spacial score (nSPS) is 11.4. The van der Waals surface area contributed by atoms with Crippen molar-refractivity contribution in [3.63, 3.8) is 0 Å². The van der Waals surface area contributed by atoms with Gasteiger partial charge in [0.25, 0.3) is 0 Å². The van der Waals surface area contributed by atoms with Crippen LogP contribution >= 0.6 is 0 Å². The van der Waals surface area contributed by atoms with Crippen LogP contribution < -0.4 is 5.73 Å². The molecule has 0 bridgehead atoms. The highest BCUT2D eigenvalue weighted by Gasteiger charge is 2.07. The Bertz CT molecular complexity index is 832. The van der Waals surface area contributed by atoms with Crippen molar-refractivity contribution < 1.29 is 0 Å². The maximum Gasteiger partial charge on any atom is 0.0712 e. The molecule has 0 unspecified atom stereocenters. The number of hydrogen-bond acceptors (Lipinski definition) is 2. The van der Waals surface area contributed by atoms with Gasteiger partial charge in [-0.05, 0) is 50.4 Å². The molecule has 0 radical (unpaired) electrons. The molecule has 2 nitrogen and oxygen atoms in total. The number of para-hydroxylation sites is 1. The summed E-state index contributed by atoms with van der Waals surface area (Å²) in [7, 11) is 0. The second-order valence-corrected chi connectivity index (χ2v) is 6.14. The van der Waals surface area contributed by atoms with E-state index in [1.807, 2.05) is 0 Å². The minimum Gasteiger partial charge on any atom is -0.330 e. The average molecular weight is 316 g/mol. The standard InChI is InChI=1S/C22H24N2/c1-17-11-13-18(14-12-17)22-16-19(8-4-2-3-7-15-23)20-9-5-6-10-21(20)24-22/h2-3,5-6,9-14,16H,4,7-8,15,23H2,1H3/b3-2-. The molecule has 0 spiro atoms. The third-order valence-corrected chi connectivity index (χ3v) is 4.23. The summed E-state index contributed by atoms with van der Waals surface area (Å²) in [4.78, 5) is 4.86. The Morgan fingerprint density at radius 2 is 1.71 bits per heavy atom. The Balaban J connectivity index is 1.95. The fourth-order valence-corrected chi connectivity index (χ4v) is 2.90. The van der Waals surface area contributed by atoms with Gasteiger partial charge in [0.2, 0.25) is 0 Å². The summed E-state index contributed by atoms with van der Waals surface area (Å²) in [6, 6.07) is 19.2. The van der Waals surface area contributed by atoms with Crippen LogP contribution in [0.15, 0.2) is 66.7 Å². The summed E-state index contributed by atoms with van der Waals surface area (Å²) in [5.74, 6) is 0. The van der Waals surface area contributed by atoms with Crippen molar-refractivity contribution in [3.8, 4) is 11.3 Å². The van der Waals surface area contributed by atoms with Gasteiger partial charge in [-0.3, -0.25) is 0 Å². The SMILES string of the molecule is Cc1ccc(-c2cc(CC/C=C\CCN)c3ccccc3n2)cc1. The zero-order valence-electron chi connectivity index (χ0n) is 14.2. The smallest absolute Gasteiger partial charge is 0.0712 e. The van der Waals surface area contributed by atoms with Gasteiger partial charge in [-0.2, -0.15) is 0 Å². The van der Waals surface area contributed by atoms with Crippen LogP contribution in [0.25, 0.3) is 22.2 Å². The lowest BCUT2D eigenvalue weighted by molar-refractivity contribution is 0.969. The van der Waals surface area contributed by atoms with Gasteiger partial charge in [-0.1, -0.05) is 60.2 Å². The van der Waals surface area contributed by atoms with Gasteiger partial charge >= 0.3 is 0 Å². The molecule has 1 aromatic heterocycles. The van der Waals surface area contributed by atoms with Crippen molar-refractivity contribution in [1.82, 2.24) is 4.98 Å². The van der Waals surface area contributed by atoms with Crippen LogP contribution in [0.1, 0.15) is 24.0 Å². The van der Waals surface area contributed by atoms with E-state index in [-0.39, 0.29) is 0 Å². The number of aromatic nitrogens is 1. The van der Waals surface area contributed by atoms with E-state index >= 15 is 0 Å². The Labute approximate surface area is 144 Å². The molecule has 0 atom stereocenters. The van der Waals surface area contributed by atoms with E-state index in [9.17, 15) is 0 Å². The summed E-state index contributed by atoms with van der Waals surface area (Å²) in [5.41, 5.74) is 11.4. The van der Waals surface area contributed by atoms with E-state index in [0.717, 1.165) is 30.5 Å². The third-order valence-electron chi connectivity index (χ3n) is 4.23. The number of pyridine rings is 1. The molecular formula is C22H24N2.